The smallest absolute Gasteiger partial charge is 0.223 e. The van der Waals surface area contributed by atoms with Crippen LogP contribution in [0, 0.1) is 17.8 Å². The Morgan fingerprint density at radius 2 is 1.65 bits per heavy atom. The highest BCUT2D eigenvalue weighted by Gasteiger charge is 2.30. The zero-order chi connectivity index (χ0) is 18.4. The van der Waals surface area contributed by atoms with E-state index in [9.17, 15) is 9.59 Å². The van der Waals surface area contributed by atoms with Crippen molar-refractivity contribution in [1.82, 2.24) is 16.0 Å². The van der Waals surface area contributed by atoms with Crippen LogP contribution in [0.5, 0.6) is 0 Å². The normalized spacial score (nSPS) is 33.4. The van der Waals surface area contributed by atoms with Gasteiger partial charge < -0.3 is 16.0 Å². The molecular weight excluding hydrogens is 326 g/mol. The van der Waals surface area contributed by atoms with Gasteiger partial charge in [-0.1, -0.05) is 26.2 Å². The number of amides is 2. The van der Waals surface area contributed by atoms with Crippen LogP contribution in [0.25, 0.3) is 0 Å². The Labute approximate surface area is 158 Å². The molecule has 1 saturated heterocycles. The van der Waals surface area contributed by atoms with Crippen LogP contribution in [-0.2, 0) is 9.59 Å². The summed E-state index contributed by atoms with van der Waals surface area (Å²) >= 11 is 0. The van der Waals surface area contributed by atoms with Gasteiger partial charge in [-0.05, 0) is 63.3 Å². The van der Waals surface area contributed by atoms with Crippen molar-refractivity contribution < 1.29 is 9.59 Å². The monoisotopic (exact) mass is 363 g/mol. The van der Waals surface area contributed by atoms with Gasteiger partial charge in [0.2, 0.25) is 11.8 Å². The van der Waals surface area contributed by atoms with E-state index in [0.717, 1.165) is 45.2 Å². The van der Waals surface area contributed by atoms with Crippen molar-refractivity contribution in [1.29, 1.82) is 0 Å². The number of hydrogen-bond acceptors (Lipinski definition) is 3. The lowest BCUT2D eigenvalue weighted by molar-refractivity contribution is -0.127. The van der Waals surface area contributed by atoms with Crippen LogP contribution in [0.3, 0.4) is 0 Å². The van der Waals surface area contributed by atoms with Crippen LogP contribution >= 0.6 is 0 Å². The van der Waals surface area contributed by atoms with E-state index in [4.69, 9.17) is 0 Å². The summed E-state index contributed by atoms with van der Waals surface area (Å²) in [6, 6.07) is 0.537. The summed E-state index contributed by atoms with van der Waals surface area (Å²) in [5.74, 6) is 1.72. The molecule has 0 radical (unpaired) electrons. The quantitative estimate of drug-likeness (QED) is 0.703. The fraction of sp³-hybridized carbons (Fsp3) is 0.905. The minimum absolute atomic E-state index is 0.121. The first-order valence-corrected chi connectivity index (χ1v) is 10.9. The topological polar surface area (TPSA) is 70.2 Å². The third-order valence-corrected chi connectivity index (χ3v) is 6.82. The lowest BCUT2D eigenvalue weighted by Gasteiger charge is -2.33. The van der Waals surface area contributed by atoms with E-state index in [1.165, 1.54) is 32.1 Å². The Hall–Kier alpha value is -1.10. The van der Waals surface area contributed by atoms with Gasteiger partial charge in [-0.3, -0.25) is 9.59 Å². The second kappa shape index (κ2) is 9.72. The molecule has 2 atom stereocenters. The van der Waals surface area contributed by atoms with Crippen molar-refractivity contribution in [2.24, 2.45) is 17.8 Å². The molecule has 0 aromatic carbocycles. The van der Waals surface area contributed by atoms with E-state index in [-0.39, 0.29) is 29.8 Å². The van der Waals surface area contributed by atoms with Gasteiger partial charge >= 0.3 is 0 Å². The van der Waals surface area contributed by atoms with E-state index < -0.39 is 0 Å². The third-order valence-electron chi connectivity index (χ3n) is 6.82. The standard InChI is InChI=1S/C21H37N3O2/c1-15-11-12-22-14-19(15)24-21(26)17-7-9-18(10-8-17)23-20(25)13-16-5-3-2-4-6-16/h15-19,22H,2-14H2,1H3,(H,23,25)(H,24,26). The molecule has 0 bridgehead atoms. The van der Waals surface area contributed by atoms with Crippen LogP contribution in [0.2, 0.25) is 0 Å². The van der Waals surface area contributed by atoms with Crippen LogP contribution in [0.15, 0.2) is 0 Å². The van der Waals surface area contributed by atoms with E-state index in [1.54, 1.807) is 0 Å². The molecular formula is C21H37N3O2. The number of carbonyl (C=O) groups excluding carboxylic acids is 2. The maximum atomic E-state index is 12.6. The molecule has 3 N–H and O–H groups in total. The molecule has 2 amide bonds. The van der Waals surface area contributed by atoms with Crippen LogP contribution in [0.4, 0.5) is 0 Å². The van der Waals surface area contributed by atoms with Crippen LogP contribution in [-0.4, -0.2) is 37.0 Å². The van der Waals surface area contributed by atoms with E-state index >= 15 is 0 Å². The predicted octanol–water partition coefficient (Wildman–Crippen LogP) is 2.75. The summed E-state index contributed by atoms with van der Waals surface area (Å²) in [5, 5.41) is 9.87. The molecule has 1 aliphatic heterocycles. The Bertz CT molecular complexity index is 468. The lowest BCUT2D eigenvalue weighted by Crippen LogP contribution is -2.52. The van der Waals surface area contributed by atoms with Gasteiger partial charge in [0, 0.05) is 31.0 Å². The molecule has 0 aromatic heterocycles. The number of carbonyl (C=O) groups is 2. The summed E-state index contributed by atoms with van der Waals surface area (Å²) in [6.45, 7) is 4.17. The zero-order valence-corrected chi connectivity index (χ0v) is 16.4. The molecule has 26 heavy (non-hydrogen) atoms. The molecule has 148 valence electrons. The van der Waals surface area contributed by atoms with Gasteiger partial charge in [0.05, 0.1) is 0 Å². The minimum atomic E-state index is 0.121. The maximum Gasteiger partial charge on any atom is 0.223 e. The average molecular weight is 364 g/mol. The summed E-state index contributed by atoms with van der Waals surface area (Å²) in [4.78, 5) is 24.9. The highest BCUT2D eigenvalue weighted by atomic mass is 16.2. The fourth-order valence-corrected chi connectivity index (χ4v) is 4.92. The second-order valence-corrected chi connectivity index (χ2v) is 8.91. The SMILES string of the molecule is CC1CCNCC1NC(=O)C1CCC(NC(=O)CC2CCCCC2)CC1. The molecule has 3 rings (SSSR count). The van der Waals surface area contributed by atoms with Gasteiger partial charge in [-0.25, -0.2) is 0 Å². The predicted molar refractivity (Wildman–Crippen MR) is 104 cm³/mol. The Balaban J connectivity index is 1.35. The summed E-state index contributed by atoms with van der Waals surface area (Å²) < 4.78 is 0. The first-order valence-electron chi connectivity index (χ1n) is 10.9. The third kappa shape index (κ3) is 5.70. The first-order chi connectivity index (χ1) is 12.6. The zero-order valence-electron chi connectivity index (χ0n) is 16.4. The van der Waals surface area contributed by atoms with Gasteiger partial charge in [0.15, 0.2) is 0 Å². The van der Waals surface area contributed by atoms with Crippen LogP contribution < -0.4 is 16.0 Å². The first kappa shape index (κ1) is 19.7. The molecule has 1 heterocycles. The molecule has 2 unspecified atom stereocenters. The minimum Gasteiger partial charge on any atom is -0.353 e. The molecule has 3 fully saturated rings. The number of rotatable bonds is 5. The molecule has 5 nitrogen and oxygen atoms in total. The van der Waals surface area contributed by atoms with E-state index in [2.05, 4.69) is 22.9 Å². The Morgan fingerprint density at radius 1 is 0.923 bits per heavy atom. The van der Waals surface area contributed by atoms with E-state index in [0.29, 0.717) is 18.3 Å². The van der Waals surface area contributed by atoms with Crippen molar-refractivity contribution in [2.45, 2.75) is 89.6 Å². The summed E-state index contributed by atoms with van der Waals surface area (Å²) in [6.07, 6.45) is 11.8. The van der Waals surface area contributed by atoms with Gasteiger partial charge in [0.1, 0.15) is 0 Å². The summed E-state index contributed by atoms with van der Waals surface area (Å²) in [5.41, 5.74) is 0. The van der Waals surface area contributed by atoms with Crippen molar-refractivity contribution >= 4 is 11.8 Å². The highest BCUT2D eigenvalue weighted by Crippen LogP contribution is 2.28. The maximum absolute atomic E-state index is 12.6. The van der Waals surface area contributed by atoms with Crippen molar-refractivity contribution in [3.8, 4) is 0 Å². The molecule has 0 spiro atoms. The second-order valence-electron chi connectivity index (χ2n) is 8.91. The summed E-state index contributed by atoms with van der Waals surface area (Å²) in [7, 11) is 0. The molecule has 2 saturated carbocycles. The largest absolute Gasteiger partial charge is 0.353 e. The molecule has 3 aliphatic rings. The number of piperidine rings is 1. The van der Waals surface area contributed by atoms with Gasteiger partial charge in [0.25, 0.3) is 0 Å². The van der Waals surface area contributed by atoms with E-state index in [1.807, 2.05) is 0 Å². The van der Waals surface area contributed by atoms with Crippen molar-refractivity contribution in [3.05, 3.63) is 0 Å². The Kier molecular flexibility index (Phi) is 7.35. The van der Waals surface area contributed by atoms with Crippen LogP contribution in [0.1, 0.15) is 77.6 Å². The lowest BCUT2D eigenvalue weighted by atomic mass is 9.84. The Morgan fingerprint density at radius 3 is 2.35 bits per heavy atom. The van der Waals surface area contributed by atoms with Gasteiger partial charge in [-0.2, -0.15) is 0 Å². The highest BCUT2D eigenvalue weighted by molar-refractivity contribution is 5.79. The van der Waals surface area contributed by atoms with Gasteiger partial charge in [-0.15, -0.1) is 0 Å². The molecule has 5 heteroatoms. The average Bonchev–Trinajstić information content (AvgIpc) is 2.65. The number of nitrogens with one attached hydrogen (secondary N) is 3. The number of hydrogen-bond donors (Lipinski definition) is 3. The molecule has 2 aliphatic carbocycles. The van der Waals surface area contributed by atoms with Crippen molar-refractivity contribution in [3.63, 3.8) is 0 Å². The fourth-order valence-electron chi connectivity index (χ4n) is 4.92. The van der Waals surface area contributed by atoms with Crippen molar-refractivity contribution in [2.75, 3.05) is 13.1 Å². The molecule has 0 aromatic rings.